The van der Waals surface area contributed by atoms with Crippen molar-refractivity contribution in [2.24, 2.45) is 0 Å². The fraction of sp³-hybridized carbons (Fsp3) is 0.250. The predicted molar refractivity (Wildman–Crippen MR) is 87.5 cm³/mol. The minimum absolute atomic E-state index is 0.377. The molecule has 0 spiro atoms. The molecule has 0 aliphatic carbocycles. The van der Waals surface area contributed by atoms with Crippen LogP contribution < -0.4 is 4.18 Å². The van der Waals surface area contributed by atoms with Gasteiger partial charge in [-0.3, -0.25) is 4.84 Å². The van der Waals surface area contributed by atoms with E-state index in [2.05, 4.69) is 4.18 Å². The lowest BCUT2D eigenvalue weighted by Gasteiger charge is -2.23. The standard InChI is InChI=1S/C16H11ClF5NO4S/c1-23-15(7-2-4-8(17)5-3-7)9(6-26-23)28(24,25)27-16-13(21)11(19)10(18)12(20)14(16)22/h2-5,9,15H,6H2,1H3/t9-,15+/m1/s1. The first kappa shape index (κ1) is 20.8. The van der Waals surface area contributed by atoms with Gasteiger partial charge in [-0.25, -0.2) is 13.2 Å². The fourth-order valence-corrected chi connectivity index (χ4v) is 4.26. The lowest BCUT2D eigenvalue weighted by atomic mass is 10.0. The average Bonchev–Trinajstić information content (AvgIpc) is 3.05. The van der Waals surface area contributed by atoms with Crippen LogP contribution in [0.1, 0.15) is 11.6 Å². The van der Waals surface area contributed by atoms with Crippen LogP contribution in [0.3, 0.4) is 0 Å². The van der Waals surface area contributed by atoms with Crippen LogP contribution in [-0.4, -0.2) is 32.4 Å². The number of rotatable bonds is 4. The Balaban J connectivity index is 2.00. The molecule has 1 aliphatic rings. The van der Waals surface area contributed by atoms with Crippen molar-refractivity contribution >= 4 is 21.7 Å². The predicted octanol–water partition coefficient (Wildman–Crippen LogP) is 3.73. The summed E-state index contributed by atoms with van der Waals surface area (Å²) in [6.07, 6.45) is 0. The van der Waals surface area contributed by atoms with Gasteiger partial charge < -0.3 is 4.18 Å². The second kappa shape index (κ2) is 7.47. The van der Waals surface area contributed by atoms with Crippen molar-refractivity contribution in [2.45, 2.75) is 11.3 Å². The summed E-state index contributed by atoms with van der Waals surface area (Å²) < 4.78 is 96.8. The van der Waals surface area contributed by atoms with Gasteiger partial charge >= 0.3 is 10.1 Å². The number of nitrogens with zero attached hydrogens (tertiary/aromatic N) is 1. The Morgan fingerprint density at radius 3 is 2.04 bits per heavy atom. The molecular weight excluding hydrogens is 433 g/mol. The molecule has 12 heteroatoms. The van der Waals surface area contributed by atoms with E-state index in [0.29, 0.717) is 10.6 Å². The number of benzene rings is 2. The van der Waals surface area contributed by atoms with Crippen LogP contribution in [0.2, 0.25) is 5.02 Å². The smallest absolute Gasteiger partial charge is 0.316 e. The average molecular weight is 444 g/mol. The van der Waals surface area contributed by atoms with Gasteiger partial charge in [-0.15, -0.1) is 0 Å². The van der Waals surface area contributed by atoms with E-state index in [1.165, 1.54) is 36.4 Å². The molecule has 0 radical (unpaired) electrons. The van der Waals surface area contributed by atoms with Gasteiger partial charge in [-0.05, 0) is 17.7 Å². The first-order chi connectivity index (χ1) is 13.0. The zero-order valence-electron chi connectivity index (χ0n) is 13.9. The van der Waals surface area contributed by atoms with E-state index in [9.17, 15) is 30.4 Å². The highest BCUT2D eigenvalue weighted by atomic mass is 35.5. The number of halogens is 6. The minimum Gasteiger partial charge on any atom is -0.376 e. The molecule has 0 bridgehead atoms. The molecule has 28 heavy (non-hydrogen) atoms. The van der Waals surface area contributed by atoms with Crippen LogP contribution >= 0.6 is 11.6 Å². The lowest BCUT2D eigenvalue weighted by molar-refractivity contribution is -0.110. The molecule has 0 unspecified atom stereocenters. The lowest BCUT2D eigenvalue weighted by Crippen LogP contribution is -2.34. The Labute approximate surface area is 161 Å². The molecule has 5 nitrogen and oxygen atoms in total. The maximum Gasteiger partial charge on any atom is 0.316 e. The molecule has 1 aliphatic heterocycles. The molecule has 0 N–H and O–H groups in total. The van der Waals surface area contributed by atoms with Crippen LogP contribution in [0.15, 0.2) is 24.3 Å². The fourth-order valence-electron chi connectivity index (χ4n) is 2.76. The third-order valence-electron chi connectivity index (χ3n) is 4.14. The number of hydroxylamine groups is 2. The van der Waals surface area contributed by atoms with Crippen LogP contribution in [0, 0.1) is 29.1 Å². The third-order valence-corrected chi connectivity index (χ3v) is 5.92. The highest BCUT2D eigenvalue weighted by Gasteiger charge is 2.45. The molecule has 1 heterocycles. The first-order valence-electron chi connectivity index (χ1n) is 7.60. The maximum atomic E-state index is 13.8. The first-order valence-corrected chi connectivity index (χ1v) is 9.45. The molecule has 0 amide bonds. The van der Waals surface area contributed by atoms with E-state index in [0.717, 1.165) is 0 Å². The van der Waals surface area contributed by atoms with E-state index in [4.69, 9.17) is 16.4 Å². The summed E-state index contributed by atoms with van der Waals surface area (Å²) in [6, 6.07) is 4.98. The van der Waals surface area contributed by atoms with Crippen molar-refractivity contribution in [2.75, 3.05) is 13.7 Å². The monoisotopic (exact) mass is 443 g/mol. The molecule has 2 aromatic carbocycles. The van der Waals surface area contributed by atoms with Gasteiger partial charge in [0, 0.05) is 12.1 Å². The largest absolute Gasteiger partial charge is 0.376 e. The van der Waals surface area contributed by atoms with Gasteiger partial charge in [0.2, 0.25) is 34.8 Å². The van der Waals surface area contributed by atoms with E-state index >= 15 is 0 Å². The topological polar surface area (TPSA) is 55.8 Å². The van der Waals surface area contributed by atoms with Gasteiger partial charge in [0.05, 0.1) is 12.6 Å². The van der Waals surface area contributed by atoms with Crippen LogP contribution in [-0.2, 0) is 15.0 Å². The summed E-state index contributed by atoms with van der Waals surface area (Å²) in [7, 11) is -3.47. The van der Waals surface area contributed by atoms with Crippen LogP contribution in [0.25, 0.3) is 0 Å². The normalized spacial score (nSPS) is 20.5. The van der Waals surface area contributed by atoms with Gasteiger partial charge in [-0.1, -0.05) is 23.7 Å². The molecule has 2 atom stereocenters. The van der Waals surface area contributed by atoms with Crippen molar-refractivity contribution < 1.29 is 39.4 Å². The molecule has 1 saturated heterocycles. The Morgan fingerprint density at radius 2 is 1.50 bits per heavy atom. The summed E-state index contributed by atoms with van der Waals surface area (Å²) in [6.45, 7) is -0.471. The maximum absolute atomic E-state index is 13.8. The van der Waals surface area contributed by atoms with Crippen LogP contribution in [0.4, 0.5) is 22.0 Å². The summed E-state index contributed by atoms with van der Waals surface area (Å²) in [5, 5.41) is 0.0314. The van der Waals surface area contributed by atoms with E-state index in [-0.39, 0.29) is 0 Å². The number of hydrogen-bond acceptors (Lipinski definition) is 5. The molecular formula is C16H11ClF5NO4S. The Bertz CT molecular complexity index is 990. The second-order valence-corrected chi connectivity index (χ2v) is 8.05. The van der Waals surface area contributed by atoms with Gasteiger partial charge in [0.25, 0.3) is 0 Å². The summed E-state index contributed by atoms with van der Waals surface area (Å²) in [5.74, 6) is -13.8. The summed E-state index contributed by atoms with van der Waals surface area (Å²) in [5.41, 5.74) is 0.416. The van der Waals surface area contributed by atoms with E-state index in [1.807, 2.05) is 0 Å². The van der Waals surface area contributed by atoms with E-state index in [1.54, 1.807) is 0 Å². The van der Waals surface area contributed by atoms with Crippen molar-refractivity contribution in [1.82, 2.24) is 5.06 Å². The Morgan fingerprint density at radius 1 is 1.00 bits per heavy atom. The second-order valence-electron chi connectivity index (χ2n) is 5.85. The zero-order chi connectivity index (χ0) is 20.8. The highest BCUT2D eigenvalue weighted by molar-refractivity contribution is 7.87. The summed E-state index contributed by atoms with van der Waals surface area (Å²) in [4.78, 5) is 5.16. The molecule has 0 aromatic heterocycles. The molecule has 0 saturated carbocycles. The molecule has 2 aromatic rings. The molecule has 152 valence electrons. The van der Waals surface area contributed by atoms with Gasteiger partial charge in [0.15, 0.2) is 0 Å². The molecule has 3 rings (SSSR count). The van der Waals surface area contributed by atoms with Gasteiger partial charge in [0.1, 0.15) is 5.25 Å². The highest BCUT2D eigenvalue weighted by Crippen LogP contribution is 2.37. The third kappa shape index (κ3) is 3.54. The van der Waals surface area contributed by atoms with Crippen LogP contribution in [0.5, 0.6) is 5.75 Å². The van der Waals surface area contributed by atoms with Crippen molar-refractivity contribution in [1.29, 1.82) is 0 Å². The quantitative estimate of drug-likeness (QED) is 0.312. The van der Waals surface area contributed by atoms with Gasteiger partial charge in [-0.2, -0.15) is 22.3 Å². The zero-order valence-corrected chi connectivity index (χ0v) is 15.5. The minimum atomic E-state index is -4.88. The van der Waals surface area contributed by atoms with Crippen molar-refractivity contribution in [3.63, 3.8) is 0 Å². The Kier molecular flexibility index (Phi) is 5.54. The van der Waals surface area contributed by atoms with Crippen molar-refractivity contribution in [3.8, 4) is 5.75 Å². The van der Waals surface area contributed by atoms with E-state index < -0.39 is 62.9 Å². The summed E-state index contributed by atoms with van der Waals surface area (Å²) >= 11 is 5.79. The molecule has 1 fully saturated rings. The van der Waals surface area contributed by atoms with Crippen molar-refractivity contribution in [3.05, 3.63) is 63.9 Å². The number of hydrogen-bond donors (Lipinski definition) is 0. The SMILES string of the molecule is CN1OC[C@@H](S(=O)(=O)Oc2c(F)c(F)c(F)c(F)c2F)[C@@H]1c1ccc(Cl)cc1. The Hall–Kier alpha value is -1.95.